The Morgan fingerprint density at radius 2 is 2.00 bits per heavy atom. The van der Waals surface area contributed by atoms with Gasteiger partial charge in [0.25, 0.3) is 0 Å². The molecule has 0 fully saturated rings. The molecule has 0 saturated carbocycles. The van der Waals surface area contributed by atoms with Crippen molar-refractivity contribution in [3.63, 3.8) is 0 Å². The Hall–Kier alpha value is -0.350. The van der Waals surface area contributed by atoms with E-state index in [1.165, 1.54) is 12.7 Å². The molecule has 0 bridgehead atoms. The van der Waals surface area contributed by atoms with Crippen LogP contribution in [-0.4, -0.2) is 14.8 Å². The van der Waals surface area contributed by atoms with Crippen LogP contribution in [0.4, 0.5) is 0 Å². The summed E-state index contributed by atoms with van der Waals surface area (Å²) in [6, 6.07) is 0. The summed E-state index contributed by atoms with van der Waals surface area (Å²) in [4.78, 5) is 17.9. The minimum Gasteiger partial charge on any atom is -0.452 e. The predicted octanol–water partition coefficient (Wildman–Crippen LogP) is 0.457. The molecule has 7 heteroatoms. The smallest absolute Gasteiger partial charge is 0.314 e. The molecule has 0 radical (unpaired) electrons. The van der Waals surface area contributed by atoms with Crippen LogP contribution in [0.25, 0.3) is 0 Å². The van der Waals surface area contributed by atoms with Crippen molar-refractivity contribution in [1.82, 2.24) is 4.98 Å². The second-order valence-corrected chi connectivity index (χ2v) is 1.52. The van der Waals surface area contributed by atoms with Crippen LogP contribution < -0.4 is 0 Å². The molecule has 60 valence electrons. The zero-order chi connectivity index (χ0) is 7.11. The molecule has 0 aliphatic carbocycles. The Morgan fingerprint density at radius 3 is 2.10 bits per heavy atom. The maximum absolute atomic E-state index is 8.74. The van der Waals surface area contributed by atoms with Gasteiger partial charge in [0.15, 0.2) is 6.39 Å². The Kier molecular flexibility index (Phi) is 10.7. The molecule has 1 aromatic rings. The van der Waals surface area contributed by atoms with Crippen LogP contribution >= 0.6 is 20.7 Å². The van der Waals surface area contributed by atoms with E-state index in [1.807, 2.05) is 0 Å². The van der Waals surface area contributed by atoms with E-state index in [9.17, 15) is 0 Å². The van der Waals surface area contributed by atoms with E-state index in [0.29, 0.717) is 0 Å². The van der Waals surface area contributed by atoms with Crippen molar-refractivity contribution in [3.8, 4) is 0 Å². The van der Waals surface area contributed by atoms with E-state index in [2.05, 4.69) is 9.40 Å². The van der Waals surface area contributed by atoms with Crippen LogP contribution in [0.5, 0.6) is 0 Å². The summed E-state index contributed by atoms with van der Waals surface area (Å²) in [6.45, 7) is 0. The fraction of sp³-hybridized carbons (Fsp3) is 0. The van der Waals surface area contributed by atoms with E-state index in [0.717, 1.165) is 0 Å². The minimum absolute atomic E-state index is 0. The number of nitrogens with zero attached hydrogens (tertiary/aromatic N) is 1. The van der Waals surface area contributed by atoms with Gasteiger partial charge >= 0.3 is 8.25 Å². The van der Waals surface area contributed by atoms with Crippen LogP contribution in [0.3, 0.4) is 0 Å². The van der Waals surface area contributed by atoms with Gasteiger partial charge in [-0.15, -0.1) is 12.4 Å². The zero-order valence-corrected chi connectivity index (χ0v) is 6.61. The van der Waals surface area contributed by atoms with Crippen molar-refractivity contribution in [1.29, 1.82) is 0 Å². The summed E-state index contributed by atoms with van der Waals surface area (Å²) in [6.07, 6.45) is 4.47. The first-order chi connectivity index (χ1) is 4.23. The van der Waals surface area contributed by atoms with Crippen molar-refractivity contribution in [2.75, 3.05) is 0 Å². The topological polar surface area (TPSA) is 83.6 Å². The highest BCUT2D eigenvalue weighted by atomic mass is 35.5. The summed E-state index contributed by atoms with van der Waals surface area (Å²) >= 11 is 0. The van der Waals surface area contributed by atoms with Crippen LogP contribution in [-0.2, 0) is 4.57 Å². The first kappa shape index (κ1) is 12.3. The van der Waals surface area contributed by atoms with Crippen LogP contribution in [0.1, 0.15) is 0 Å². The highest BCUT2D eigenvalue weighted by Gasteiger charge is 1.61. The fourth-order valence-electron chi connectivity index (χ4n) is 0.176. The number of hydrogen-bond acceptors (Lipinski definition) is 3. The van der Waals surface area contributed by atoms with Gasteiger partial charge in [-0.2, -0.15) is 0 Å². The zero-order valence-electron chi connectivity index (χ0n) is 4.80. The number of halogens is 1. The van der Waals surface area contributed by atoms with Crippen molar-refractivity contribution < 1.29 is 18.8 Å². The monoisotopic (exact) mass is 187 g/mol. The Labute approximate surface area is 64.1 Å². The third kappa shape index (κ3) is 15.6. The molecule has 2 N–H and O–H groups in total. The second kappa shape index (κ2) is 8.65. The quantitative estimate of drug-likeness (QED) is 0.577. The molecule has 0 atom stereocenters. The van der Waals surface area contributed by atoms with Crippen LogP contribution in [0.15, 0.2) is 23.3 Å². The molecule has 10 heavy (non-hydrogen) atoms. The van der Waals surface area contributed by atoms with E-state index in [1.54, 1.807) is 6.20 Å². The molecule has 0 amide bonds. The minimum atomic E-state index is -3.13. The van der Waals surface area contributed by atoms with Crippen molar-refractivity contribution in [2.45, 2.75) is 0 Å². The van der Waals surface area contributed by atoms with E-state index in [-0.39, 0.29) is 12.4 Å². The average molecular weight is 188 g/mol. The normalized spacial score (nSPS) is 7.50. The first-order valence-electron chi connectivity index (χ1n) is 1.97. The molecule has 0 saturated heterocycles. The lowest BCUT2D eigenvalue weighted by Gasteiger charge is -1.61. The van der Waals surface area contributed by atoms with Gasteiger partial charge in [0.1, 0.15) is 6.26 Å². The van der Waals surface area contributed by atoms with Crippen LogP contribution in [0.2, 0.25) is 0 Å². The summed E-state index contributed by atoms with van der Waals surface area (Å²) in [5.74, 6) is 0. The molecule has 5 nitrogen and oxygen atoms in total. The van der Waals surface area contributed by atoms with Gasteiger partial charge in [0, 0.05) is 0 Å². The molecule has 0 aliphatic heterocycles. The van der Waals surface area contributed by atoms with E-state index < -0.39 is 8.25 Å². The lowest BCUT2D eigenvalue weighted by molar-refractivity contribution is 0.405. The van der Waals surface area contributed by atoms with Crippen molar-refractivity contribution in [2.24, 2.45) is 0 Å². The lowest BCUT2D eigenvalue weighted by Crippen LogP contribution is -1.38. The number of hydrogen-bond donors (Lipinski definition) is 2. The summed E-state index contributed by atoms with van der Waals surface area (Å²) in [5, 5.41) is 0. The molecule has 0 unspecified atom stereocenters. The Balaban J connectivity index is 0. The van der Waals surface area contributed by atoms with Crippen LogP contribution in [0, 0.1) is 0 Å². The summed E-state index contributed by atoms with van der Waals surface area (Å²) in [7, 11) is -3.13. The lowest BCUT2D eigenvalue weighted by atomic mass is 11.0. The van der Waals surface area contributed by atoms with Gasteiger partial charge in [0.2, 0.25) is 0 Å². The molecule has 1 rings (SSSR count). The fourth-order valence-corrected chi connectivity index (χ4v) is 0.176. The Morgan fingerprint density at radius 1 is 1.50 bits per heavy atom. The first-order valence-corrected chi connectivity index (χ1v) is 3.28. The highest BCUT2D eigenvalue weighted by molar-refractivity contribution is 7.30. The standard InChI is InChI=1S/C3H3NO.ClH.H3O3P/c1-2-5-3-4-1;;1-4(2)3/h1-3H;1H;4H,(H2,1,2,3). The van der Waals surface area contributed by atoms with Crippen molar-refractivity contribution >= 4 is 20.7 Å². The molecular weight excluding hydrogens is 180 g/mol. The average Bonchev–Trinajstić information content (AvgIpc) is 2.11. The number of oxazole rings is 1. The van der Waals surface area contributed by atoms with Gasteiger partial charge in [0.05, 0.1) is 6.20 Å². The van der Waals surface area contributed by atoms with Gasteiger partial charge < -0.3 is 14.2 Å². The maximum Gasteiger partial charge on any atom is 0.314 e. The largest absolute Gasteiger partial charge is 0.452 e. The number of aromatic nitrogens is 1. The van der Waals surface area contributed by atoms with Gasteiger partial charge in [-0.05, 0) is 0 Å². The predicted molar refractivity (Wildman–Crippen MR) is 37.2 cm³/mol. The summed E-state index contributed by atoms with van der Waals surface area (Å²) < 4.78 is 13.2. The van der Waals surface area contributed by atoms with E-state index in [4.69, 9.17) is 14.4 Å². The molecular formula is C3H7ClNO4P. The molecule has 0 spiro atoms. The molecule has 0 aromatic carbocycles. The Bertz CT molecular complexity index is 134. The van der Waals surface area contributed by atoms with E-state index >= 15 is 0 Å². The molecule has 1 aromatic heterocycles. The maximum atomic E-state index is 8.74. The SMILES string of the molecule is Cl.O=[PH](O)O.c1cocn1. The molecule has 0 aliphatic rings. The van der Waals surface area contributed by atoms with Gasteiger partial charge in [-0.3, -0.25) is 4.57 Å². The highest BCUT2D eigenvalue weighted by Crippen LogP contribution is 1.98. The van der Waals surface area contributed by atoms with Gasteiger partial charge in [-0.25, -0.2) is 4.98 Å². The number of rotatable bonds is 0. The second-order valence-electron chi connectivity index (χ2n) is 0.958. The van der Waals surface area contributed by atoms with Crippen molar-refractivity contribution in [3.05, 3.63) is 18.9 Å². The summed E-state index contributed by atoms with van der Waals surface area (Å²) in [5.41, 5.74) is 0. The van der Waals surface area contributed by atoms with Gasteiger partial charge in [-0.1, -0.05) is 0 Å². The third-order valence-corrected chi connectivity index (χ3v) is 0.347. The third-order valence-electron chi connectivity index (χ3n) is 0.347. The molecule has 1 heterocycles.